The summed E-state index contributed by atoms with van der Waals surface area (Å²) in [6.45, 7) is 2.59. The van der Waals surface area contributed by atoms with Crippen molar-refractivity contribution in [3.8, 4) is 5.75 Å². The number of halogens is 3. The molecule has 0 aliphatic heterocycles. The Labute approximate surface area is 113 Å². The molecule has 3 unspecified atom stereocenters. The molecule has 0 heterocycles. The Kier molecular flexibility index (Phi) is 4.28. The molecule has 0 bridgehead atoms. The second-order valence-electron chi connectivity index (χ2n) is 3.90. The van der Waals surface area contributed by atoms with Crippen molar-refractivity contribution in [2.75, 3.05) is 6.61 Å². The molecule has 94 valence electrons. The lowest BCUT2D eigenvalue weighted by Crippen LogP contribution is -2.52. The molecule has 1 saturated carbocycles. The highest BCUT2D eigenvalue weighted by Crippen LogP contribution is 2.36. The number of rotatable bonds is 4. The van der Waals surface area contributed by atoms with Crippen LogP contribution >= 0.6 is 27.5 Å². The van der Waals surface area contributed by atoms with Crippen LogP contribution in [0.5, 0.6) is 5.75 Å². The Bertz CT molecular complexity index is 402. The van der Waals surface area contributed by atoms with Crippen LogP contribution in [0.2, 0.25) is 5.02 Å². The van der Waals surface area contributed by atoms with Gasteiger partial charge in [0.15, 0.2) is 0 Å². The Hall–Kier alpha value is -0.320. The van der Waals surface area contributed by atoms with Crippen molar-refractivity contribution >= 4 is 27.5 Å². The van der Waals surface area contributed by atoms with Gasteiger partial charge in [-0.2, -0.15) is 0 Å². The van der Waals surface area contributed by atoms with Crippen LogP contribution < -0.4 is 4.74 Å². The fourth-order valence-corrected chi connectivity index (χ4v) is 2.85. The van der Waals surface area contributed by atoms with Gasteiger partial charge in [-0.1, -0.05) is 27.5 Å². The van der Waals surface area contributed by atoms with E-state index in [0.29, 0.717) is 22.2 Å². The first kappa shape index (κ1) is 13.1. The fraction of sp³-hybridized carbons (Fsp3) is 0.500. The van der Waals surface area contributed by atoms with Crippen LogP contribution in [0.25, 0.3) is 0 Å². The molecule has 1 aliphatic rings. The van der Waals surface area contributed by atoms with Crippen molar-refractivity contribution in [2.45, 2.75) is 30.4 Å². The highest BCUT2D eigenvalue weighted by Gasteiger charge is 2.42. The lowest BCUT2D eigenvalue weighted by atomic mass is 9.91. The summed E-state index contributed by atoms with van der Waals surface area (Å²) >= 11 is 9.41. The SMILES string of the molecule is CCOC1C(Br)CC1Oc1ccc(F)cc1Cl. The fourth-order valence-electron chi connectivity index (χ4n) is 1.78. The number of alkyl halides is 1. The zero-order valence-corrected chi connectivity index (χ0v) is 11.7. The molecule has 1 aromatic rings. The van der Waals surface area contributed by atoms with Crippen molar-refractivity contribution in [1.82, 2.24) is 0 Å². The molecule has 2 nitrogen and oxygen atoms in total. The van der Waals surface area contributed by atoms with Gasteiger partial charge in [0.25, 0.3) is 0 Å². The lowest BCUT2D eigenvalue weighted by molar-refractivity contribution is -0.0723. The molecule has 0 spiro atoms. The third-order valence-corrected chi connectivity index (χ3v) is 3.90. The molecule has 0 saturated heterocycles. The second-order valence-corrected chi connectivity index (χ2v) is 5.49. The zero-order chi connectivity index (χ0) is 12.4. The van der Waals surface area contributed by atoms with Gasteiger partial charge in [-0.15, -0.1) is 0 Å². The Morgan fingerprint density at radius 3 is 2.88 bits per heavy atom. The van der Waals surface area contributed by atoms with E-state index in [1.165, 1.54) is 12.1 Å². The quantitative estimate of drug-likeness (QED) is 0.785. The van der Waals surface area contributed by atoms with E-state index in [2.05, 4.69) is 15.9 Å². The largest absolute Gasteiger partial charge is 0.486 e. The summed E-state index contributed by atoms with van der Waals surface area (Å²) in [6, 6.07) is 4.13. The summed E-state index contributed by atoms with van der Waals surface area (Å²) in [5.74, 6) is 0.137. The lowest BCUT2D eigenvalue weighted by Gasteiger charge is -2.40. The average molecular weight is 324 g/mol. The maximum Gasteiger partial charge on any atom is 0.138 e. The summed E-state index contributed by atoms with van der Waals surface area (Å²) in [5.41, 5.74) is 0. The highest BCUT2D eigenvalue weighted by molar-refractivity contribution is 9.09. The predicted molar refractivity (Wildman–Crippen MR) is 68.6 cm³/mol. The maximum absolute atomic E-state index is 12.9. The molecule has 1 aromatic carbocycles. The topological polar surface area (TPSA) is 18.5 Å². The summed E-state index contributed by atoms with van der Waals surface area (Å²) in [6.07, 6.45) is 0.863. The summed E-state index contributed by atoms with van der Waals surface area (Å²) in [5, 5.41) is 0.290. The van der Waals surface area contributed by atoms with E-state index < -0.39 is 0 Å². The monoisotopic (exact) mass is 322 g/mol. The van der Waals surface area contributed by atoms with Crippen LogP contribution in [-0.4, -0.2) is 23.6 Å². The van der Waals surface area contributed by atoms with E-state index in [1.54, 1.807) is 6.07 Å². The van der Waals surface area contributed by atoms with E-state index in [0.717, 1.165) is 6.42 Å². The second kappa shape index (κ2) is 5.55. The van der Waals surface area contributed by atoms with Crippen LogP contribution in [0.4, 0.5) is 4.39 Å². The normalized spacial score (nSPS) is 27.6. The molecule has 17 heavy (non-hydrogen) atoms. The molecular weight excluding hydrogens is 310 g/mol. The molecule has 1 aliphatic carbocycles. The van der Waals surface area contributed by atoms with E-state index in [4.69, 9.17) is 21.1 Å². The molecule has 0 aromatic heterocycles. The van der Waals surface area contributed by atoms with E-state index in [1.807, 2.05) is 6.92 Å². The summed E-state index contributed by atoms with van der Waals surface area (Å²) in [4.78, 5) is 0.312. The standard InChI is InChI=1S/C12H13BrClFO2/c1-2-16-12-8(13)6-11(12)17-10-4-3-7(15)5-9(10)14/h3-5,8,11-12H,2,6H2,1H3. The van der Waals surface area contributed by atoms with Gasteiger partial charge >= 0.3 is 0 Å². The van der Waals surface area contributed by atoms with Crippen LogP contribution in [0.3, 0.4) is 0 Å². The van der Waals surface area contributed by atoms with Gasteiger partial charge in [-0.3, -0.25) is 0 Å². The third-order valence-electron chi connectivity index (χ3n) is 2.71. The third kappa shape index (κ3) is 2.92. The highest BCUT2D eigenvalue weighted by atomic mass is 79.9. The summed E-state index contributed by atoms with van der Waals surface area (Å²) in [7, 11) is 0. The number of benzene rings is 1. The number of hydrogen-bond acceptors (Lipinski definition) is 2. The van der Waals surface area contributed by atoms with E-state index in [-0.39, 0.29) is 18.0 Å². The van der Waals surface area contributed by atoms with Gasteiger partial charge in [0.2, 0.25) is 0 Å². The zero-order valence-electron chi connectivity index (χ0n) is 9.33. The first-order chi connectivity index (χ1) is 8.11. The van der Waals surface area contributed by atoms with Crippen LogP contribution in [0, 0.1) is 5.82 Å². The molecule has 1 fully saturated rings. The van der Waals surface area contributed by atoms with Crippen molar-refractivity contribution in [3.05, 3.63) is 29.0 Å². The van der Waals surface area contributed by atoms with Gasteiger partial charge < -0.3 is 9.47 Å². The first-order valence-corrected chi connectivity index (χ1v) is 6.78. The van der Waals surface area contributed by atoms with Crippen LogP contribution in [-0.2, 0) is 4.74 Å². The Morgan fingerprint density at radius 1 is 1.53 bits per heavy atom. The number of hydrogen-bond donors (Lipinski definition) is 0. The van der Waals surface area contributed by atoms with Crippen molar-refractivity contribution < 1.29 is 13.9 Å². The molecular formula is C12H13BrClFO2. The van der Waals surface area contributed by atoms with Crippen molar-refractivity contribution in [2.24, 2.45) is 0 Å². The minimum atomic E-state index is -0.365. The van der Waals surface area contributed by atoms with E-state index in [9.17, 15) is 4.39 Å². The van der Waals surface area contributed by atoms with Gasteiger partial charge in [0.05, 0.1) is 5.02 Å². The minimum Gasteiger partial charge on any atom is -0.486 e. The van der Waals surface area contributed by atoms with Gasteiger partial charge in [-0.05, 0) is 25.1 Å². The molecule has 0 N–H and O–H groups in total. The van der Waals surface area contributed by atoms with Crippen LogP contribution in [0.15, 0.2) is 18.2 Å². The summed E-state index contributed by atoms with van der Waals surface area (Å²) < 4.78 is 24.1. The van der Waals surface area contributed by atoms with Gasteiger partial charge in [0.1, 0.15) is 23.8 Å². The molecule has 3 atom stereocenters. The van der Waals surface area contributed by atoms with Crippen molar-refractivity contribution in [3.63, 3.8) is 0 Å². The minimum absolute atomic E-state index is 0.0257. The van der Waals surface area contributed by atoms with Gasteiger partial charge in [-0.25, -0.2) is 4.39 Å². The Balaban J connectivity index is 2.01. The first-order valence-electron chi connectivity index (χ1n) is 5.49. The predicted octanol–water partition coefficient (Wildman–Crippen LogP) is 3.80. The maximum atomic E-state index is 12.9. The number of ether oxygens (including phenoxy) is 2. The average Bonchev–Trinajstić information content (AvgIpc) is 2.28. The molecule has 2 rings (SSSR count). The van der Waals surface area contributed by atoms with Crippen molar-refractivity contribution in [1.29, 1.82) is 0 Å². The Morgan fingerprint density at radius 2 is 2.29 bits per heavy atom. The molecule has 0 amide bonds. The smallest absolute Gasteiger partial charge is 0.138 e. The molecule has 5 heteroatoms. The van der Waals surface area contributed by atoms with Gasteiger partial charge in [0, 0.05) is 17.9 Å². The molecule has 0 radical (unpaired) electrons. The van der Waals surface area contributed by atoms with Crippen LogP contribution in [0.1, 0.15) is 13.3 Å². The van der Waals surface area contributed by atoms with E-state index >= 15 is 0 Å².